The maximum absolute atomic E-state index is 10.5. The molecule has 0 saturated heterocycles. The summed E-state index contributed by atoms with van der Waals surface area (Å²) in [5.74, 6) is 0. The van der Waals surface area contributed by atoms with Crippen molar-refractivity contribution in [3.8, 4) is 28.6 Å². The molecule has 0 unspecified atom stereocenters. The fourth-order valence-corrected chi connectivity index (χ4v) is 6.86. The van der Waals surface area contributed by atoms with Gasteiger partial charge in [0.15, 0.2) is 0 Å². The predicted octanol–water partition coefficient (Wildman–Crippen LogP) is 9.79. The molecule has 3 nitrogen and oxygen atoms in total. The first kappa shape index (κ1) is 24.5. The third-order valence-electron chi connectivity index (χ3n) is 8.82. The zero-order chi connectivity index (χ0) is 28.2. The number of hydrogen-bond donors (Lipinski definition) is 0. The SMILES string of the molecule is CCc1ccc(-c2ccc(-n3c4ccccc4c4ccccc43)cc2C#N)c(-n2c3c(c4ccccc42)CCC=C3)c1. The average molecular weight is 540 g/mol. The van der Waals surface area contributed by atoms with Crippen LogP contribution in [0, 0.1) is 11.3 Å². The van der Waals surface area contributed by atoms with Crippen LogP contribution in [0.3, 0.4) is 0 Å². The van der Waals surface area contributed by atoms with Crippen molar-refractivity contribution in [3.05, 3.63) is 138 Å². The van der Waals surface area contributed by atoms with Crippen LogP contribution in [-0.2, 0) is 12.8 Å². The van der Waals surface area contributed by atoms with Crippen LogP contribution in [0.25, 0.3) is 61.3 Å². The Kier molecular flexibility index (Phi) is 5.62. The van der Waals surface area contributed by atoms with Crippen molar-refractivity contribution >= 4 is 38.8 Å². The van der Waals surface area contributed by atoms with Crippen LogP contribution in [0.15, 0.2) is 115 Å². The first-order valence-electron chi connectivity index (χ1n) is 14.7. The van der Waals surface area contributed by atoms with Gasteiger partial charge in [0, 0.05) is 38.7 Å². The number of aromatic nitrogens is 2. The molecule has 0 N–H and O–H groups in total. The Morgan fingerprint density at radius 1 is 0.690 bits per heavy atom. The van der Waals surface area contributed by atoms with Crippen molar-refractivity contribution in [1.82, 2.24) is 9.13 Å². The zero-order valence-corrected chi connectivity index (χ0v) is 23.5. The van der Waals surface area contributed by atoms with Gasteiger partial charge in [-0.2, -0.15) is 5.26 Å². The Balaban J connectivity index is 1.38. The second-order valence-electron chi connectivity index (χ2n) is 11.1. The van der Waals surface area contributed by atoms with E-state index >= 15 is 0 Å². The fraction of sp³-hybridized carbons (Fsp3) is 0.103. The highest BCUT2D eigenvalue weighted by Crippen LogP contribution is 2.40. The lowest BCUT2D eigenvalue weighted by molar-refractivity contribution is 0.966. The molecule has 1 aliphatic carbocycles. The van der Waals surface area contributed by atoms with Gasteiger partial charge in [0.05, 0.1) is 33.9 Å². The number of nitrogens with zero attached hydrogens (tertiary/aromatic N) is 3. The lowest BCUT2D eigenvalue weighted by Gasteiger charge is -2.19. The Hall–Kier alpha value is -5.33. The van der Waals surface area contributed by atoms with Gasteiger partial charge in [-0.15, -0.1) is 0 Å². The normalized spacial score (nSPS) is 12.7. The van der Waals surface area contributed by atoms with Crippen LogP contribution >= 0.6 is 0 Å². The lowest BCUT2D eigenvalue weighted by atomic mass is 9.95. The maximum atomic E-state index is 10.5. The van der Waals surface area contributed by atoms with Crippen molar-refractivity contribution < 1.29 is 0 Å². The highest BCUT2D eigenvalue weighted by Gasteiger charge is 2.22. The highest BCUT2D eigenvalue weighted by atomic mass is 15.0. The van der Waals surface area contributed by atoms with Crippen LogP contribution in [0.4, 0.5) is 0 Å². The molecule has 3 heteroatoms. The molecule has 0 radical (unpaired) electrons. The Morgan fingerprint density at radius 2 is 1.33 bits per heavy atom. The second kappa shape index (κ2) is 9.65. The van der Waals surface area contributed by atoms with Crippen molar-refractivity contribution in [2.75, 3.05) is 0 Å². The number of para-hydroxylation sites is 3. The Bertz CT molecular complexity index is 2200. The number of nitriles is 1. The summed E-state index contributed by atoms with van der Waals surface area (Å²) in [7, 11) is 0. The number of allylic oxidation sites excluding steroid dienone is 1. The summed E-state index contributed by atoms with van der Waals surface area (Å²) in [4.78, 5) is 0. The van der Waals surface area contributed by atoms with Gasteiger partial charge in [0.2, 0.25) is 0 Å². The number of benzene rings is 5. The lowest BCUT2D eigenvalue weighted by Crippen LogP contribution is -2.04. The van der Waals surface area contributed by atoms with E-state index in [0.717, 1.165) is 52.8 Å². The van der Waals surface area contributed by atoms with Crippen molar-refractivity contribution in [2.45, 2.75) is 26.2 Å². The molecule has 42 heavy (non-hydrogen) atoms. The first-order chi connectivity index (χ1) is 20.8. The van der Waals surface area contributed by atoms with Crippen LogP contribution in [0.1, 0.15) is 35.7 Å². The summed E-state index contributed by atoms with van der Waals surface area (Å²) >= 11 is 0. The molecule has 1 aliphatic rings. The van der Waals surface area contributed by atoms with E-state index in [1.54, 1.807) is 0 Å². The molecule has 2 heterocycles. The average Bonchev–Trinajstić information content (AvgIpc) is 3.57. The number of aryl methyl sites for hydroxylation is 2. The van der Waals surface area contributed by atoms with E-state index in [0.29, 0.717) is 5.56 Å². The quantitative estimate of drug-likeness (QED) is 0.219. The van der Waals surface area contributed by atoms with E-state index in [9.17, 15) is 5.26 Å². The summed E-state index contributed by atoms with van der Waals surface area (Å²) < 4.78 is 4.69. The van der Waals surface area contributed by atoms with E-state index in [1.165, 1.54) is 38.5 Å². The van der Waals surface area contributed by atoms with Gasteiger partial charge in [-0.3, -0.25) is 0 Å². The van der Waals surface area contributed by atoms with Gasteiger partial charge >= 0.3 is 0 Å². The molecule has 0 spiro atoms. The molecular weight excluding hydrogens is 510 g/mol. The first-order valence-corrected chi connectivity index (χ1v) is 14.7. The van der Waals surface area contributed by atoms with Crippen molar-refractivity contribution in [3.63, 3.8) is 0 Å². The van der Waals surface area contributed by atoms with Gasteiger partial charge < -0.3 is 9.13 Å². The molecule has 5 aromatic carbocycles. The van der Waals surface area contributed by atoms with Crippen LogP contribution in [-0.4, -0.2) is 9.13 Å². The molecule has 2 aromatic heterocycles. The van der Waals surface area contributed by atoms with Gasteiger partial charge in [-0.25, -0.2) is 0 Å². The number of rotatable bonds is 4. The van der Waals surface area contributed by atoms with E-state index in [4.69, 9.17) is 0 Å². The summed E-state index contributed by atoms with van der Waals surface area (Å²) in [6.07, 6.45) is 7.60. The van der Waals surface area contributed by atoms with Crippen molar-refractivity contribution in [2.24, 2.45) is 0 Å². The van der Waals surface area contributed by atoms with Gasteiger partial charge in [0.1, 0.15) is 0 Å². The fourth-order valence-electron chi connectivity index (χ4n) is 6.86. The van der Waals surface area contributed by atoms with E-state index in [1.807, 2.05) is 0 Å². The van der Waals surface area contributed by atoms with Crippen LogP contribution in [0.2, 0.25) is 0 Å². The molecule has 0 bridgehead atoms. The van der Waals surface area contributed by atoms with Crippen LogP contribution < -0.4 is 0 Å². The second-order valence-corrected chi connectivity index (χ2v) is 11.1. The summed E-state index contributed by atoms with van der Waals surface area (Å²) in [6, 6.07) is 41.3. The summed E-state index contributed by atoms with van der Waals surface area (Å²) in [6.45, 7) is 2.20. The minimum atomic E-state index is 0.667. The zero-order valence-electron chi connectivity index (χ0n) is 23.5. The number of hydrogen-bond acceptors (Lipinski definition) is 1. The molecule has 0 fully saturated rings. The monoisotopic (exact) mass is 539 g/mol. The molecule has 0 amide bonds. The maximum Gasteiger partial charge on any atom is 0.0998 e. The topological polar surface area (TPSA) is 33.6 Å². The summed E-state index contributed by atoms with van der Waals surface area (Å²) in [5.41, 5.74) is 12.2. The standard InChI is InChI=1S/C39H29N3/c1-2-26-19-21-34(39(23-26)42-37-17-9-5-13-32(37)33-14-6-10-18-38(33)42)29-22-20-28(24-27(29)25-40)41-35-15-7-3-11-30(35)31-12-4-8-16-36(31)41/h3-5,7-13,15-24H,2,6,14H2,1H3. The third kappa shape index (κ3) is 3.59. The molecule has 8 rings (SSSR count). The number of fused-ring (bicyclic) bond motifs is 6. The van der Waals surface area contributed by atoms with E-state index < -0.39 is 0 Å². The van der Waals surface area contributed by atoms with Gasteiger partial charge in [-0.05, 0) is 72.9 Å². The Labute approximate surface area is 245 Å². The van der Waals surface area contributed by atoms with Crippen molar-refractivity contribution in [1.29, 1.82) is 5.26 Å². The molecule has 0 saturated carbocycles. The van der Waals surface area contributed by atoms with E-state index in [-0.39, 0.29) is 0 Å². The van der Waals surface area contributed by atoms with Crippen LogP contribution in [0.5, 0.6) is 0 Å². The molecular formula is C39H29N3. The molecule has 200 valence electrons. The van der Waals surface area contributed by atoms with Gasteiger partial charge in [-0.1, -0.05) is 85.8 Å². The van der Waals surface area contributed by atoms with Gasteiger partial charge in [0.25, 0.3) is 0 Å². The minimum absolute atomic E-state index is 0.667. The molecule has 0 aliphatic heterocycles. The van der Waals surface area contributed by atoms with E-state index in [2.05, 4.69) is 143 Å². The third-order valence-corrected chi connectivity index (χ3v) is 8.82. The molecule has 7 aromatic rings. The molecule has 0 atom stereocenters. The Morgan fingerprint density at radius 3 is 2.02 bits per heavy atom. The predicted molar refractivity (Wildman–Crippen MR) is 174 cm³/mol. The largest absolute Gasteiger partial charge is 0.309 e. The summed E-state index contributed by atoms with van der Waals surface area (Å²) in [5, 5.41) is 14.3. The highest BCUT2D eigenvalue weighted by molar-refractivity contribution is 6.09. The smallest absolute Gasteiger partial charge is 0.0998 e. The minimum Gasteiger partial charge on any atom is -0.309 e.